The molecule has 0 aromatic heterocycles. The predicted octanol–water partition coefficient (Wildman–Crippen LogP) is 2.00. The third-order valence-electron chi connectivity index (χ3n) is 4.49. The van der Waals surface area contributed by atoms with E-state index >= 15 is 0 Å². The normalized spacial score (nSPS) is 35.5. The van der Waals surface area contributed by atoms with E-state index in [2.05, 4.69) is 18.7 Å². The fourth-order valence-electron chi connectivity index (χ4n) is 3.15. The summed E-state index contributed by atoms with van der Waals surface area (Å²) in [5.41, 5.74) is 6.51. The summed E-state index contributed by atoms with van der Waals surface area (Å²) in [7, 11) is 0. The zero-order chi connectivity index (χ0) is 12.3. The molecule has 0 spiro atoms. The molecule has 2 unspecified atom stereocenters. The predicted molar refractivity (Wildman–Crippen MR) is 71.0 cm³/mol. The molecule has 17 heavy (non-hydrogen) atoms. The van der Waals surface area contributed by atoms with Crippen molar-refractivity contribution in [2.45, 2.75) is 57.5 Å². The molecule has 2 rings (SSSR count). The quantitative estimate of drug-likeness (QED) is 0.750. The van der Waals surface area contributed by atoms with Gasteiger partial charge in [0.15, 0.2) is 0 Å². The third kappa shape index (κ3) is 3.43. The van der Waals surface area contributed by atoms with Crippen LogP contribution in [-0.4, -0.2) is 42.8 Å². The second kappa shape index (κ2) is 5.68. The summed E-state index contributed by atoms with van der Waals surface area (Å²) in [6.45, 7) is 8.54. The van der Waals surface area contributed by atoms with Crippen molar-refractivity contribution in [3.63, 3.8) is 0 Å². The van der Waals surface area contributed by atoms with Gasteiger partial charge in [0.25, 0.3) is 0 Å². The molecule has 1 saturated carbocycles. The Morgan fingerprint density at radius 2 is 2.00 bits per heavy atom. The van der Waals surface area contributed by atoms with Gasteiger partial charge < -0.3 is 10.5 Å². The highest BCUT2D eigenvalue weighted by Crippen LogP contribution is 2.27. The zero-order valence-electron chi connectivity index (χ0n) is 11.5. The van der Waals surface area contributed by atoms with E-state index < -0.39 is 0 Å². The molecule has 2 fully saturated rings. The molecule has 0 amide bonds. The monoisotopic (exact) mass is 240 g/mol. The van der Waals surface area contributed by atoms with Gasteiger partial charge in [-0.3, -0.25) is 4.90 Å². The number of rotatable bonds is 2. The van der Waals surface area contributed by atoms with Crippen LogP contribution >= 0.6 is 0 Å². The van der Waals surface area contributed by atoms with E-state index in [9.17, 15) is 0 Å². The fourth-order valence-corrected chi connectivity index (χ4v) is 3.15. The van der Waals surface area contributed by atoms with Crippen LogP contribution in [-0.2, 0) is 4.74 Å². The first-order chi connectivity index (χ1) is 8.09. The number of nitrogens with two attached hydrogens (primary N) is 1. The molecule has 1 heterocycles. The summed E-state index contributed by atoms with van der Waals surface area (Å²) in [4.78, 5) is 2.59. The molecule has 2 atom stereocenters. The van der Waals surface area contributed by atoms with Crippen molar-refractivity contribution in [2.24, 2.45) is 11.7 Å². The van der Waals surface area contributed by atoms with Crippen molar-refractivity contribution in [2.75, 3.05) is 26.3 Å². The van der Waals surface area contributed by atoms with Crippen molar-refractivity contribution in [1.29, 1.82) is 0 Å². The highest BCUT2D eigenvalue weighted by Gasteiger charge is 2.33. The van der Waals surface area contributed by atoms with Gasteiger partial charge in [-0.1, -0.05) is 19.3 Å². The van der Waals surface area contributed by atoms with E-state index in [-0.39, 0.29) is 5.54 Å². The highest BCUT2D eigenvalue weighted by atomic mass is 16.5. The summed E-state index contributed by atoms with van der Waals surface area (Å²) in [6.07, 6.45) is 6.59. The standard InChI is InChI=1S/C14H28N2O/c1-14(2)11-17-9-8-16(14)10-12-6-4-3-5-7-13(12)15/h12-13H,3-11,15H2,1-2H3. The van der Waals surface area contributed by atoms with Crippen molar-refractivity contribution >= 4 is 0 Å². The lowest BCUT2D eigenvalue weighted by Crippen LogP contribution is -2.55. The summed E-state index contributed by atoms with van der Waals surface area (Å²) in [5, 5.41) is 0. The van der Waals surface area contributed by atoms with Crippen LogP contribution in [0, 0.1) is 5.92 Å². The first-order valence-corrected chi connectivity index (χ1v) is 7.18. The molecule has 3 nitrogen and oxygen atoms in total. The van der Waals surface area contributed by atoms with Gasteiger partial charge >= 0.3 is 0 Å². The Morgan fingerprint density at radius 3 is 2.76 bits per heavy atom. The van der Waals surface area contributed by atoms with Gasteiger partial charge in [-0.25, -0.2) is 0 Å². The van der Waals surface area contributed by atoms with Crippen LogP contribution in [0.15, 0.2) is 0 Å². The smallest absolute Gasteiger partial charge is 0.0645 e. The SMILES string of the molecule is CC1(C)COCCN1CC1CCCCCC1N. The average molecular weight is 240 g/mol. The van der Waals surface area contributed by atoms with Gasteiger partial charge in [0.2, 0.25) is 0 Å². The van der Waals surface area contributed by atoms with Gasteiger partial charge in [-0.15, -0.1) is 0 Å². The van der Waals surface area contributed by atoms with E-state index in [4.69, 9.17) is 10.5 Å². The molecule has 3 heteroatoms. The second-order valence-corrected chi connectivity index (χ2v) is 6.37. The maximum absolute atomic E-state index is 6.33. The number of morpholine rings is 1. The van der Waals surface area contributed by atoms with E-state index in [1.165, 1.54) is 32.1 Å². The molecule has 1 saturated heterocycles. The molecular formula is C14H28N2O. The lowest BCUT2D eigenvalue weighted by molar-refractivity contribution is -0.0588. The Labute approximate surface area is 106 Å². The zero-order valence-corrected chi connectivity index (χ0v) is 11.5. The van der Waals surface area contributed by atoms with Gasteiger partial charge in [0.05, 0.1) is 13.2 Å². The molecule has 0 radical (unpaired) electrons. The summed E-state index contributed by atoms with van der Waals surface area (Å²) < 4.78 is 5.58. The molecule has 1 aliphatic carbocycles. The number of hydrogen-bond acceptors (Lipinski definition) is 3. The second-order valence-electron chi connectivity index (χ2n) is 6.37. The van der Waals surface area contributed by atoms with Crippen molar-refractivity contribution in [1.82, 2.24) is 4.90 Å². The van der Waals surface area contributed by atoms with Crippen LogP contribution in [0.1, 0.15) is 46.0 Å². The number of ether oxygens (including phenoxy) is 1. The maximum Gasteiger partial charge on any atom is 0.0645 e. The van der Waals surface area contributed by atoms with E-state index in [1.54, 1.807) is 0 Å². The fraction of sp³-hybridized carbons (Fsp3) is 1.00. The molecule has 0 aromatic rings. The van der Waals surface area contributed by atoms with Crippen LogP contribution in [0.4, 0.5) is 0 Å². The molecule has 0 bridgehead atoms. The van der Waals surface area contributed by atoms with Gasteiger partial charge in [-0.2, -0.15) is 0 Å². The van der Waals surface area contributed by atoms with E-state index in [1.807, 2.05) is 0 Å². The minimum Gasteiger partial charge on any atom is -0.378 e. The Bertz CT molecular complexity index is 242. The molecule has 1 aliphatic heterocycles. The average Bonchev–Trinajstić information content (AvgIpc) is 2.47. The first-order valence-electron chi connectivity index (χ1n) is 7.18. The Hall–Kier alpha value is -0.120. The maximum atomic E-state index is 6.33. The molecule has 0 aromatic carbocycles. The van der Waals surface area contributed by atoms with Gasteiger partial charge in [0, 0.05) is 24.7 Å². The topological polar surface area (TPSA) is 38.5 Å². The van der Waals surface area contributed by atoms with Crippen LogP contribution in [0.2, 0.25) is 0 Å². The summed E-state index contributed by atoms with van der Waals surface area (Å²) >= 11 is 0. The van der Waals surface area contributed by atoms with Crippen LogP contribution in [0.3, 0.4) is 0 Å². The Kier molecular flexibility index (Phi) is 4.45. The third-order valence-corrected chi connectivity index (χ3v) is 4.49. The largest absolute Gasteiger partial charge is 0.378 e. The van der Waals surface area contributed by atoms with Gasteiger partial charge in [0.1, 0.15) is 0 Å². The molecule has 100 valence electrons. The minimum atomic E-state index is 0.185. The lowest BCUT2D eigenvalue weighted by Gasteiger charge is -2.44. The Morgan fingerprint density at radius 1 is 1.24 bits per heavy atom. The first kappa shape index (κ1) is 13.3. The van der Waals surface area contributed by atoms with Crippen molar-refractivity contribution < 1.29 is 4.74 Å². The Balaban J connectivity index is 1.93. The molecular weight excluding hydrogens is 212 g/mol. The van der Waals surface area contributed by atoms with Crippen molar-refractivity contribution in [3.8, 4) is 0 Å². The van der Waals surface area contributed by atoms with Crippen LogP contribution < -0.4 is 5.73 Å². The number of nitrogens with zero attached hydrogens (tertiary/aromatic N) is 1. The summed E-state index contributed by atoms with van der Waals surface area (Å²) in [5.74, 6) is 0.690. The molecule has 2 aliphatic rings. The van der Waals surface area contributed by atoms with Crippen LogP contribution in [0.5, 0.6) is 0 Å². The highest BCUT2D eigenvalue weighted by molar-refractivity contribution is 4.88. The van der Waals surface area contributed by atoms with Gasteiger partial charge in [-0.05, 0) is 32.6 Å². The van der Waals surface area contributed by atoms with Crippen LogP contribution in [0.25, 0.3) is 0 Å². The minimum absolute atomic E-state index is 0.185. The van der Waals surface area contributed by atoms with E-state index in [0.717, 1.165) is 26.3 Å². The van der Waals surface area contributed by atoms with Crippen molar-refractivity contribution in [3.05, 3.63) is 0 Å². The van der Waals surface area contributed by atoms with E-state index in [0.29, 0.717) is 12.0 Å². The lowest BCUT2D eigenvalue weighted by atomic mass is 9.92. The molecule has 2 N–H and O–H groups in total. The number of hydrogen-bond donors (Lipinski definition) is 1. The summed E-state index contributed by atoms with van der Waals surface area (Å²) in [6, 6.07) is 0.413.